The minimum Gasteiger partial charge on any atom is -0.444 e. The monoisotopic (exact) mass is 448 g/mol. The Morgan fingerprint density at radius 2 is 2.00 bits per heavy atom. The van der Waals surface area contributed by atoms with E-state index in [0.717, 1.165) is 46.7 Å². The third-order valence-corrected chi connectivity index (χ3v) is 5.48. The Morgan fingerprint density at radius 1 is 1.29 bits per heavy atom. The van der Waals surface area contributed by atoms with Gasteiger partial charge in [0.05, 0.1) is 23.1 Å². The number of ether oxygens (including phenoxy) is 1. The molecule has 152 valence electrons. The standard InChI is InChI=1S/C21H29BrN4O2/c1-21(2,3)28-20(27)25-11-13-4-7-15(8-5-13)26-19-16-10-14(22)6-9-18(16)24-12-17(19)23/h6,9-10,12-13,15H,4-5,7-8,11,23H2,1-3H3,(H,24,26)(H,25,27). The van der Waals surface area contributed by atoms with E-state index >= 15 is 0 Å². The molecule has 0 bridgehead atoms. The second-order valence-electron chi connectivity index (χ2n) is 8.49. The van der Waals surface area contributed by atoms with Gasteiger partial charge in [0, 0.05) is 22.4 Å². The second kappa shape index (κ2) is 8.55. The summed E-state index contributed by atoms with van der Waals surface area (Å²) in [5, 5.41) is 7.57. The maximum Gasteiger partial charge on any atom is 0.407 e. The fourth-order valence-electron chi connectivity index (χ4n) is 3.60. The number of nitrogens with two attached hydrogens (primary N) is 1. The number of nitrogens with one attached hydrogen (secondary N) is 2. The van der Waals surface area contributed by atoms with Crippen LogP contribution >= 0.6 is 15.9 Å². The molecule has 1 aliphatic carbocycles. The van der Waals surface area contributed by atoms with E-state index in [0.29, 0.717) is 24.2 Å². The molecule has 0 spiro atoms. The highest BCUT2D eigenvalue weighted by Crippen LogP contribution is 2.33. The van der Waals surface area contributed by atoms with E-state index in [9.17, 15) is 4.79 Å². The third kappa shape index (κ3) is 5.50. The van der Waals surface area contributed by atoms with Crippen molar-refractivity contribution in [3.63, 3.8) is 0 Å². The molecule has 6 nitrogen and oxygen atoms in total. The smallest absolute Gasteiger partial charge is 0.407 e. The number of anilines is 2. The Kier molecular flexibility index (Phi) is 6.33. The number of alkyl carbamates (subject to hydrolysis) is 1. The summed E-state index contributed by atoms with van der Waals surface area (Å²) in [6.45, 7) is 6.28. The van der Waals surface area contributed by atoms with Gasteiger partial charge >= 0.3 is 6.09 Å². The van der Waals surface area contributed by atoms with E-state index in [-0.39, 0.29) is 6.09 Å². The molecule has 1 fully saturated rings. The first kappa shape index (κ1) is 20.7. The van der Waals surface area contributed by atoms with Crippen LogP contribution in [-0.4, -0.2) is 29.3 Å². The van der Waals surface area contributed by atoms with E-state index in [4.69, 9.17) is 10.5 Å². The Morgan fingerprint density at radius 3 is 2.68 bits per heavy atom. The van der Waals surface area contributed by atoms with Gasteiger partial charge in [0.25, 0.3) is 0 Å². The number of nitrogen functional groups attached to an aromatic ring is 1. The Bertz CT molecular complexity index is 837. The van der Waals surface area contributed by atoms with Crippen LogP contribution in [0, 0.1) is 5.92 Å². The molecule has 0 radical (unpaired) electrons. The van der Waals surface area contributed by atoms with Crippen molar-refractivity contribution in [2.45, 2.75) is 58.1 Å². The Labute approximate surface area is 174 Å². The molecule has 0 atom stereocenters. The van der Waals surface area contributed by atoms with Crippen LogP contribution in [0.25, 0.3) is 10.9 Å². The molecule has 1 aromatic heterocycles. The van der Waals surface area contributed by atoms with Gasteiger partial charge in [-0.15, -0.1) is 0 Å². The quantitative estimate of drug-likeness (QED) is 0.606. The predicted molar refractivity (Wildman–Crippen MR) is 117 cm³/mol. The summed E-state index contributed by atoms with van der Waals surface area (Å²) in [4.78, 5) is 16.2. The van der Waals surface area contributed by atoms with Gasteiger partial charge in [0.15, 0.2) is 0 Å². The number of pyridine rings is 1. The van der Waals surface area contributed by atoms with Crippen molar-refractivity contribution in [3.8, 4) is 0 Å². The van der Waals surface area contributed by atoms with E-state index in [1.54, 1.807) is 6.20 Å². The van der Waals surface area contributed by atoms with E-state index < -0.39 is 5.60 Å². The lowest BCUT2D eigenvalue weighted by molar-refractivity contribution is 0.0515. The van der Waals surface area contributed by atoms with Gasteiger partial charge < -0.3 is 21.1 Å². The van der Waals surface area contributed by atoms with Gasteiger partial charge in [0.2, 0.25) is 0 Å². The number of amides is 1. The molecule has 0 aliphatic heterocycles. The largest absolute Gasteiger partial charge is 0.444 e. The number of hydrogen-bond donors (Lipinski definition) is 3. The van der Waals surface area contributed by atoms with Crippen LogP contribution in [-0.2, 0) is 4.74 Å². The van der Waals surface area contributed by atoms with Crippen molar-refractivity contribution in [1.82, 2.24) is 10.3 Å². The van der Waals surface area contributed by atoms with Crippen LogP contribution in [0.2, 0.25) is 0 Å². The van der Waals surface area contributed by atoms with Crippen LogP contribution in [0.5, 0.6) is 0 Å². The van der Waals surface area contributed by atoms with Gasteiger partial charge in [0.1, 0.15) is 5.60 Å². The second-order valence-corrected chi connectivity index (χ2v) is 9.41. The number of carbonyl (C=O) groups is 1. The zero-order chi connectivity index (χ0) is 20.3. The zero-order valence-electron chi connectivity index (χ0n) is 16.7. The number of hydrogen-bond acceptors (Lipinski definition) is 5. The Hall–Kier alpha value is -2.02. The minimum absolute atomic E-state index is 0.339. The van der Waals surface area contributed by atoms with E-state index in [1.165, 1.54) is 0 Å². The first-order valence-electron chi connectivity index (χ1n) is 9.78. The molecular formula is C21H29BrN4O2. The first-order valence-corrected chi connectivity index (χ1v) is 10.6. The van der Waals surface area contributed by atoms with Crippen LogP contribution in [0.15, 0.2) is 28.9 Å². The van der Waals surface area contributed by atoms with Crippen LogP contribution < -0.4 is 16.4 Å². The van der Waals surface area contributed by atoms with Gasteiger partial charge in [-0.2, -0.15) is 0 Å². The van der Waals surface area contributed by atoms with Crippen molar-refractivity contribution in [1.29, 1.82) is 0 Å². The van der Waals surface area contributed by atoms with Crippen LogP contribution in [0.1, 0.15) is 46.5 Å². The highest BCUT2D eigenvalue weighted by Gasteiger charge is 2.24. The molecule has 2 aromatic rings. The normalized spacial score (nSPS) is 20.0. The maximum absolute atomic E-state index is 11.8. The molecule has 0 unspecified atom stereocenters. The fraction of sp³-hybridized carbons (Fsp3) is 0.524. The van der Waals surface area contributed by atoms with E-state index in [2.05, 4.69) is 37.6 Å². The molecule has 1 amide bonds. The molecule has 3 rings (SSSR count). The van der Waals surface area contributed by atoms with Gasteiger partial charge in [-0.3, -0.25) is 4.98 Å². The zero-order valence-corrected chi connectivity index (χ0v) is 18.3. The van der Waals surface area contributed by atoms with Gasteiger partial charge in [-0.05, 0) is 70.6 Å². The van der Waals surface area contributed by atoms with Crippen molar-refractivity contribution in [2.24, 2.45) is 5.92 Å². The van der Waals surface area contributed by atoms with Crippen LogP contribution in [0.4, 0.5) is 16.2 Å². The molecule has 28 heavy (non-hydrogen) atoms. The molecule has 7 heteroatoms. The highest BCUT2D eigenvalue weighted by molar-refractivity contribution is 9.10. The number of fused-ring (bicyclic) bond motifs is 1. The first-order chi connectivity index (χ1) is 13.2. The number of nitrogens with zero attached hydrogens (tertiary/aromatic N) is 1. The molecular weight excluding hydrogens is 420 g/mol. The molecule has 1 aliphatic rings. The number of benzene rings is 1. The number of rotatable bonds is 4. The van der Waals surface area contributed by atoms with Gasteiger partial charge in [-0.25, -0.2) is 4.79 Å². The minimum atomic E-state index is -0.464. The van der Waals surface area contributed by atoms with Crippen molar-refractivity contribution in [2.75, 3.05) is 17.6 Å². The van der Waals surface area contributed by atoms with Crippen molar-refractivity contribution < 1.29 is 9.53 Å². The molecule has 0 saturated heterocycles. The lowest BCUT2D eigenvalue weighted by Gasteiger charge is -2.30. The predicted octanol–water partition coefficient (Wildman–Crippen LogP) is 5.07. The Balaban J connectivity index is 1.55. The topological polar surface area (TPSA) is 89.3 Å². The number of aromatic nitrogens is 1. The molecule has 4 N–H and O–H groups in total. The number of carbonyl (C=O) groups excluding carboxylic acids is 1. The summed E-state index contributed by atoms with van der Waals surface area (Å²) in [5.41, 5.74) is 8.30. The van der Waals surface area contributed by atoms with Crippen molar-refractivity contribution in [3.05, 3.63) is 28.9 Å². The lowest BCUT2D eigenvalue weighted by Crippen LogP contribution is -2.37. The highest BCUT2D eigenvalue weighted by atomic mass is 79.9. The third-order valence-electron chi connectivity index (χ3n) is 4.99. The van der Waals surface area contributed by atoms with Crippen LogP contribution in [0.3, 0.4) is 0 Å². The molecule has 1 saturated carbocycles. The summed E-state index contributed by atoms with van der Waals surface area (Å²) in [5.74, 6) is 0.478. The summed E-state index contributed by atoms with van der Waals surface area (Å²) >= 11 is 3.53. The molecule has 1 heterocycles. The van der Waals surface area contributed by atoms with Gasteiger partial charge in [-0.1, -0.05) is 15.9 Å². The van der Waals surface area contributed by atoms with Crippen molar-refractivity contribution >= 4 is 44.3 Å². The summed E-state index contributed by atoms with van der Waals surface area (Å²) < 4.78 is 6.31. The average Bonchev–Trinajstić information content (AvgIpc) is 2.62. The lowest BCUT2D eigenvalue weighted by atomic mass is 9.86. The average molecular weight is 449 g/mol. The SMILES string of the molecule is CC(C)(C)OC(=O)NCC1CCC(Nc2c(N)cnc3ccc(Br)cc23)CC1. The molecule has 1 aromatic carbocycles. The summed E-state index contributed by atoms with van der Waals surface area (Å²) in [6.07, 6.45) is 5.57. The summed E-state index contributed by atoms with van der Waals surface area (Å²) in [7, 11) is 0. The van der Waals surface area contributed by atoms with E-state index in [1.807, 2.05) is 32.9 Å². The summed E-state index contributed by atoms with van der Waals surface area (Å²) in [6, 6.07) is 6.39. The number of halogens is 1. The fourth-order valence-corrected chi connectivity index (χ4v) is 3.96. The maximum atomic E-state index is 11.8.